The van der Waals surface area contributed by atoms with Crippen LogP contribution in [0, 0.1) is 5.82 Å². The van der Waals surface area contributed by atoms with Gasteiger partial charge in [-0.25, -0.2) is 4.39 Å². The van der Waals surface area contributed by atoms with Crippen LogP contribution in [0.5, 0.6) is 0 Å². The van der Waals surface area contributed by atoms with Gasteiger partial charge in [0, 0.05) is 42.9 Å². The Kier molecular flexibility index (Phi) is 7.52. The summed E-state index contributed by atoms with van der Waals surface area (Å²) in [6.07, 6.45) is 5.39. The normalized spacial score (nSPS) is 14.4. The number of unbranched alkanes of at least 4 members (excludes halogenated alkanes) is 2. The summed E-state index contributed by atoms with van der Waals surface area (Å²) >= 11 is 0. The summed E-state index contributed by atoms with van der Waals surface area (Å²) in [5.74, 6) is -0.197. The van der Waals surface area contributed by atoms with Gasteiger partial charge in [0.25, 0.3) is 10.1 Å². The van der Waals surface area contributed by atoms with E-state index in [1.165, 1.54) is 42.7 Å². The number of likely N-dealkylation sites (N-methyl/N-ethyl adjacent to an activating group) is 1. The van der Waals surface area contributed by atoms with Crippen molar-refractivity contribution in [3.8, 4) is 11.3 Å². The van der Waals surface area contributed by atoms with Crippen LogP contribution in [0.3, 0.4) is 0 Å². The summed E-state index contributed by atoms with van der Waals surface area (Å²) in [5.41, 5.74) is 4.73. The first-order chi connectivity index (χ1) is 12.7. The van der Waals surface area contributed by atoms with Crippen molar-refractivity contribution in [2.75, 3.05) is 19.8 Å². The van der Waals surface area contributed by atoms with Gasteiger partial charge in [-0.05, 0) is 37.7 Å². The summed E-state index contributed by atoms with van der Waals surface area (Å²) in [7, 11) is -1.52. The Hall–Kier alpha value is -1.77. The molecule has 1 aliphatic heterocycles. The van der Waals surface area contributed by atoms with Crippen LogP contribution < -0.4 is 0 Å². The molecule has 0 saturated carbocycles. The molecule has 0 fully saturated rings. The number of aromatic nitrogens is 2. The minimum Gasteiger partial charge on any atom is -0.302 e. The van der Waals surface area contributed by atoms with Gasteiger partial charge in [0.1, 0.15) is 5.82 Å². The molecule has 0 aliphatic carbocycles. The van der Waals surface area contributed by atoms with Gasteiger partial charge in [-0.3, -0.25) is 9.23 Å². The molecule has 1 aromatic carbocycles. The monoisotopic (exact) mass is 397 g/mol. The first kappa shape index (κ1) is 21.5. The highest BCUT2D eigenvalue weighted by Crippen LogP contribution is 2.30. The topological polar surface area (TPSA) is 75.4 Å². The molecule has 0 bridgehead atoms. The zero-order chi connectivity index (χ0) is 20.0. The lowest BCUT2D eigenvalue weighted by Gasteiger charge is -2.23. The molecule has 0 saturated heterocycles. The molecule has 0 atom stereocenters. The van der Waals surface area contributed by atoms with Crippen molar-refractivity contribution in [3.05, 3.63) is 41.3 Å². The highest BCUT2D eigenvalue weighted by molar-refractivity contribution is 7.85. The van der Waals surface area contributed by atoms with Gasteiger partial charge in [0.15, 0.2) is 0 Å². The molecular weight excluding hydrogens is 369 g/mol. The second kappa shape index (κ2) is 9.43. The van der Waals surface area contributed by atoms with Gasteiger partial charge in [0.2, 0.25) is 0 Å². The highest BCUT2D eigenvalue weighted by atomic mass is 32.2. The van der Waals surface area contributed by atoms with Crippen LogP contribution in [0.2, 0.25) is 0 Å². The maximum Gasteiger partial charge on any atom is 0.261 e. The van der Waals surface area contributed by atoms with Crippen LogP contribution >= 0.6 is 0 Å². The number of halogens is 1. The quantitative estimate of drug-likeness (QED) is 0.618. The van der Waals surface area contributed by atoms with Gasteiger partial charge in [-0.15, -0.1) is 0 Å². The molecule has 6 nitrogen and oxygen atoms in total. The highest BCUT2D eigenvalue weighted by Gasteiger charge is 2.23. The van der Waals surface area contributed by atoms with Crippen molar-refractivity contribution < 1.29 is 17.4 Å². The van der Waals surface area contributed by atoms with Gasteiger partial charge in [-0.1, -0.05) is 19.8 Å². The molecule has 2 heterocycles. The molecule has 1 N–H and O–H groups in total. The van der Waals surface area contributed by atoms with Gasteiger partial charge in [-0.2, -0.15) is 13.5 Å². The van der Waals surface area contributed by atoms with Crippen LogP contribution in [-0.2, 0) is 29.6 Å². The summed E-state index contributed by atoms with van der Waals surface area (Å²) < 4.78 is 41.2. The summed E-state index contributed by atoms with van der Waals surface area (Å²) in [6.45, 7) is 5.21. The standard InChI is InChI=1S/C18H24FN3.CH4O3S/c1-3-4-5-11-22-17-10-12-21(2)13-16(17)18(20-22)14-6-8-15(19)9-7-14;1-5(2,3)4/h6-9H,3-5,10-13H2,1-2H3;1H3,(H,2,3,4). The van der Waals surface area contributed by atoms with Crippen LogP contribution in [-0.4, -0.2) is 47.5 Å². The maximum absolute atomic E-state index is 13.2. The largest absolute Gasteiger partial charge is 0.302 e. The van der Waals surface area contributed by atoms with Crippen molar-refractivity contribution in [1.82, 2.24) is 14.7 Å². The Morgan fingerprint density at radius 3 is 2.44 bits per heavy atom. The Labute approximate surface area is 160 Å². The lowest BCUT2D eigenvalue weighted by atomic mass is 10.0. The summed E-state index contributed by atoms with van der Waals surface area (Å²) in [6, 6.07) is 6.71. The van der Waals surface area contributed by atoms with Crippen molar-refractivity contribution in [1.29, 1.82) is 0 Å². The number of hydrogen-bond donors (Lipinski definition) is 1. The van der Waals surface area contributed by atoms with Crippen molar-refractivity contribution in [2.24, 2.45) is 0 Å². The van der Waals surface area contributed by atoms with E-state index in [0.29, 0.717) is 6.26 Å². The minimum atomic E-state index is -3.67. The van der Waals surface area contributed by atoms with E-state index in [2.05, 4.69) is 23.6 Å². The number of fused-ring (bicyclic) bond motifs is 1. The fourth-order valence-electron chi connectivity index (χ4n) is 3.16. The second-order valence-electron chi connectivity index (χ2n) is 6.93. The van der Waals surface area contributed by atoms with Crippen LogP contribution in [0.15, 0.2) is 24.3 Å². The Morgan fingerprint density at radius 1 is 1.22 bits per heavy atom. The molecule has 3 rings (SSSR count). The number of benzene rings is 1. The Morgan fingerprint density at radius 2 is 1.85 bits per heavy atom. The number of hydrogen-bond acceptors (Lipinski definition) is 4. The van der Waals surface area contributed by atoms with Crippen LogP contribution in [0.4, 0.5) is 4.39 Å². The molecule has 27 heavy (non-hydrogen) atoms. The van der Waals surface area contributed by atoms with Gasteiger partial charge >= 0.3 is 0 Å². The lowest BCUT2D eigenvalue weighted by Crippen LogP contribution is -2.27. The molecule has 0 unspecified atom stereocenters. The fraction of sp³-hybridized carbons (Fsp3) is 0.526. The smallest absolute Gasteiger partial charge is 0.261 e. The van der Waals surface area contributed by atoms with E-state index in [-0.39, 0.29) is 5.82 Å². The average Bonchev–Trinajstić information content (AvgIpc) is 2.92. The van der Waals surface area contributed by atoms with Crippen molar-refractivity contribution >= 4 is 10.1 Å². The third-order valence-electron chi connectivity index (χ3n) is 4.42. The summed E-state index contributed by atoms with van der Waals surface area (Å²) in [4.78, 5) is 2.33. The number of nitrogens with zero attached hydrogens (tertiary/aromatic N) is 3. The zero-order valence-corrected chi connectivity index (χ0v) is 17.0. The molecule has 0 spiro atoms. The molecule has 8 heteroatoms. The van der Waals surface area contributed by atoms with Crippen molar-refractivity contribution in [2.45, 2.75) is 45.7 Å². The lowest BCUT2D eigenvalue weighted by molar-refractivity contribution is 0.307. The molecule has 0 amide bonds. The van der Waals surface area contributed by atoms with E-state index in [4.69, 9.17) is 9.65 Å². The fourth-order valence-corrected chi connectivity index (χ4v) is 3.16. The van der Waals surface area contributed by atoms with Gasteiger partial charge < -0.3 is 4.90 Å². The van der Waals surface area contributed by atoms with E-state index in [9.17, 15) is 12.8 Å². The molecule has 1 aliphatic rings. The predicted molar refractivity (Wildman–Crippen MR) is 105 cm³/mol. The van der Waals surface area contributed by atoms with Crippen molar-refractivity contribution in [3.63, 3.8) is 0 Å². The molecule has 1 aromatic heterocycles. The van der Waals surface area contributed by atoms with E-state index in [1.54, 1.807) is 0 Å². The predicted octanol–water partition coefficient (Wildman–Crippen LogP) is 3.37. The molecule has 2 aromatic rings. The SMILES string of the molecule is CCCCCn1nc(-c2ccc(F)cc2)c2c1CCN(C)C2.CS(=O)(=O)O. The Balaban J connectivity index is 0.000000465. The Bertz CT molecular complexity index is 840. The zero-order valence-electron chi connectivity index (χ0n) is 16.2. The first-order valence-electron chi connectivity index (χ1n) is 9.14. The third-order valence-corrected chi connectivity index (χ3v) is 4.42. The molecule has 0 radical (unpaired) electrons. The first-order valence-corrected chi connectivity index (χ1v) is 11.0. The third kappa shape index (κ3) is 6.71. The number of aryl methyl sites for hydroxylation is 1. The minimum absolute atomic E-state index is 0.197. The molecular formula is C19H28FN3O3S. The second-order valence-corrected chi connectivity index (χ2v) is 8.40. The summed E-state index contributed by atoms with van der Waals surface area (Å²) in [5, 5.41) is 4.87. The number of rotatable bonds is 5. The van der Waals surface area contributed by atoms with E-state index in [0.717, 1.165) is 37.3 Å². The van der Waals surface area contributed by atoms with Gasteiger partial charge in [0.05, 0.1) is 11.9 Å². The molecule has 150 valence electrons. The van der Waals surface area contributed by atoms with Crippen LogP contribution in [0.1, 0.15) is 37.4 Å². The average molecular weight is 398 g/mol. The van der Waals surface area contributed by atoms with E-state index in [1.807, 2.05) is 12.1 Å². The van der Waals surface area contributed by atoms with E-state index >= 15 is 0 Å². The van der Waals surface area contributed by atoms with Crippen LogP contribution in [0.25, 0.3) is 11.3 Å². The maximum atomic E-state index is 13.2. The van der Waals surface area contributed by atoms with E-state index < -0.39 is 10.1 Å².